The van der Waals surface area contributed by atoms with E-state index in [0.717, 1.165) is 0 Å². The Labute approximate surface area is 167 Å². The van der Waals surface area contributed by atoms with Crippen molar-refractivity contribution in [1.29, 1.82) is 0 Å². The second-order valence-corrected chi connectivity index (χ2v) is 7.21. The fraction of sp³-hybridized carbons (Fsp3) is 0.632. The third-order valence-corrected chi connectivity index (χ3v) is 5.45. The Hall–Kier alpha value is -1.54. The summed E-state index contributed by atoms with van der Waals surface area (Å²) < 4.78 is 16.1. The molecule has 4 N–H and O–H groups in total. The average Bonchev–Trinajstić information content (AvgIpc) is 2.64. The molecule has 1 saturated carbocycles. The third-order valence-electron chi connectivity index (χ3n) is 5.45. The number of hydrogen-bond acceptors (Lipinski definition) is 6. The Morgan fingerprint density at radius 3 is 2.30 bits per heavy atom. The molecule has 0 bridgehead atoms. The summed E-state index contributed by atoms with van der Waals surface area (Å²) in [6.45, 7) is 6.41. The van der Waals surface area contributed by atoms with Gasteiger partial charge in [-0.05, 0) is 24.6 Å². The van der Waals surface area contributed by atoms with Gasteiger partial charge in [0.15, 0.2) is 0 Å². The van der Waals surface area contributed by atoms with Crippen molar-refractivity contribution in [2.24, 2.45) is 11.1 Å². The number of hydrogen-bond donors (Lipinski definition) is 3. The SMILES string of the molecule is CCOC1CC(N)(C(=O)NCC(O)c2cc(OC)cc(OC)c2)C1(C)C.Cl. The van der Waals surface area contributed by atoms with Crippen LogP contribution in [0.25, 0.3) is 0 Å². The number of benzene rings is 1. The molecule has 3 unspecified atom stereocenters. The van der Waals surface area contributed by atoms with Gasteiger partial charge in [0, 0.05) is 31.1 Å². The maximum atomic E-state index is 12.6. The largest absolute Gasteiger partial charge is 0.497 e. The number of carbonyl (C=O) groups is 1. The zero-order valence-electron chi connectivity index (χ0n) is 16.6. The summed E-state index contributed by atoms with van der Waals surface area (Å²) in [6.07, 6.45) is -0.490. The van der Waals surface area contributed by atoms with Gasteiger partial charge in [-0.3, -0.25) is 4.79 Å². The molecule has 0 aliphatic heterocycles. The zero-order valence-corrected chi connectivity index (χ0v) is 17.4. The first kappa shape index (κ1) is 23.5. The van der Waals surface area contributed by atoms with Crippen LogP contribution < -0.4 is 20.5 Å². The van der Waals surface area contributed by atoms with Crippen LogP contribution in [0.5, 0.6) is 11.5 Å². The van der Waals surface area contributed by atoms with Gasteiger partial charge in [0.25, 0.3) is 0 Å². The van der Waals surface area contributed by atoms with Crippen LogP contribution in [0.2, 0.25) is 0 Å². The molecule has 0 radical (unpaired) electrons. The van der Waals surface area contributed by atoms with E-state index < -0.39 is 17.1 Å². The van der Waals surface area contributed by atoms with Gasteiger partial charge < -0.3 is 30.4 Å². The number of halogens is 1. The van der Waals surface area contributed by atoms with Crippen molar-refractivity contribution in [3.8, 4) is 11.5 Å². The summed E-state index contributed by atoms with van der Waals surface area (Å²) in [5, 5.41) is 13.2. The molecular formula is C19H31ClN2O5. The molecule has 0 heterocycles. The Morgan fingerprint density at radius 2 is 1.85 bits per heavy atom. The number of nitrogens with two attached hydrogens (primary N) is 1. The van der Waals surface area contributed by atoms with Gasteiger partial charge in [-0.25, -0.2) is 0 Å². The van der Waals surface area contributed by atoms with Crippen molar-refractivity contribution in [1.82, 2.24) is 5.32 Å². The maximum absolute atomic E-state index is 12.6. The van der Waals surface area contributed by atoms with Gasteiger partial charge in [-0.15, -0.1) is 12.4 Å². The fourth-order valence-corrected chi connectivity index (χ4v) is 3.31. The van der Waals surface area contributed by atoms with E-state index >= 15 is 0 Å². The molecule has 1 amide bonds. The van der Waals surface area contributed by atoms with Crippen molar-refractivity contribution >= 4 is 18.3 Å². The molecule has 3 atom stereocenters. The van der Waals surface area contributed by atoms with Crippen LogP contribution in [0, 0.1) is 5.41 Å². The van der Waals surface area contributed by atoms with Crippen LogP contribution in [0.4, 0.5) is 0 Å². The van der Waals surface area contributed by atoms with Gasteiger partial charge in [0.1, 0.15) is 17.0 Å². The van der Waals surface area contributed by atoms with E-state index in [1.807, 2.05) is 20.8 Å². The normalized spacial score (nSPS) is 24.2. The molecule has 0 aromatic heterocycles. The van der Waals surface area contributed by atoms with E-state index in [0.29, 0.717) is 30.1 Å². The number of methoxy groups -OCH3 is 2. The molecule has 1 fully saturated rings. The highest BCUT2D eigenvalue weighted by Crippen LogP contribution is 2.49. The minimum absolute atomic E-state index is 0. The molecule has 0 spiro atoms. The molecule has 154 valence electrons. The van der Waals surface area contributed by atoms with Gasteiger partial charge in [-0.2, -0.15) is 0 Å². The lowest BCUT2D eigenvalue weighted by atomic mass is 9.54. The molecular weight excluding hydrogens is 372 g/mol. The molecule has 27 heavy (non-hydrogen) atoms. The Balaban J connectivity index is 0.00000364. The van der Waals surface area contributed by atoms with Gasteiger partial charge in [0.05, 0.1) is 26.4 Å². The topological polar surface area (TPSA) is 103 Å². The predicted molar refractivity (Wildman–Crippen MR) is 105 cm³/mol. The monoisotopic (exact) mass is 402 g/mol. The van der Waals surface area contributed by atoms with Crippen LogP contribution >= 0.6 is 12.4 Å². The number of nitrogens with one attached hydrogen (secondary N) is 1. The zero-order chi connectivity index (χ0) is 19.5. The summed E-state index contributed by atoms with van der Waals surface area (Å²) in [7, 11) is 3.08. The highest BCUT2D eigenvalue weighted by molar-refractivity contribution is 5.88. The molecule has 1 aromatic carbocycles. The molecule has 2 rings (SSSR count). The standard InChI is InChI=1S/C19H30N2O5.ClH/c1-6-26-16-10-19(20,18(16,2)3)17(23)21-11-15(22)12-7-13(24-4)9-14(8-12)25-5;/h7-9,15-16,22H,6,10-11,20H2,1-5H3,(H,21,23);1H. The van der Waals surface area contributed by atoms with Crippen molar-refractivity contribution in [3.05, 3.63) is 23.8 Å². The van der Waals surface area contributed by atoms with Gasteiger partial charge in [0.2, 0.25) is 5.91 Å². The van der Waals surface area contributed by atoms with E-state index in [4.69, 9.17) is 19.9 Å². The molecule has 0 saturated heterocycles. The summed E-state index contributed by atoms with van der Waals surface area (Å²) >= 11 is 0. The second-order valence-electron chi connectivity index (χ2n) is 7.21. The number of carbonyl (C=O) groups excluding carboxylic acids is 1. The second kappa shape index (κ2) is 9.10. The van der Waals surface area contributed by atoms with Crippen LogP contribution in [0.3, 0.4) is 0 Å². The molecule has 1 aliphatic rings. The highest BCUT2D eigenvalue weighted by Gasteiger charge is 2.62. The van der Waals surface area contributed by atoms with E-state index in [2.05, 4.69) is 5.32 Å². The quantitative estimate of drug-likeness (QED) is 0.612. The van der Waals surface area contributed by atoms with E-state index in [1.165, 1.54) is 0 Å². The maximum Gasteiger partial charge on any atom is 0.240 e. The highest BCUT2D eigenvalue weighted by atomic mass is 35.5. The van der Waals surface area contributed by atoms with Crippen LogP contribution in [-0.2, 0) is 9.53 Å². The summed E-state index contributed by atoms with van der Waals surface area (Å²) in [5.41, 5.74) is 5.45. The minimum atomic E-state index is -1.02. The van der Waals surface area contributed by atoms with Crippen molar-refractivity contribution < 1.29 is 24.1 Å². The third kappa shape index (κ3) is 4.48. The smallest absolute Gasteiger partial charge is 0.240 e. The lowest BCUT2D eigenvalue weighted by Gasteiger charge is -2.57. The van der Waals surface area contributed by atoms with Gasteiger partial charge in [-0.1, -0.05) is 13.8 Å². The Kier molecular flexibility index (Phi) is 7.92. The molecule has 1 aromatic rings. The molecule has 7 nitrogen and oxygen atoms in total. The van der Waals surface area contributed by atoms with Crippen LogP contribution in [-0.4, -0.2) is 50.0 Å². The van der Waals surface area contributed by atoms with Gasteiger partial charge >= 0.3 is 0 Å². The first-order valence-electron chi connectivity index (χ1n) is 8.79. The predicted octanol–water partition coefficient (Wildman–Crippen LogP) is 1.81. The average molecular weight is 403 g/mol. The first-order chi connectivity index (χ1) is 12.2. The molecule has 8 heteroatoms. The number of rotatable bonds is 8. The first-order valence-corrected chi connectivity index (χ1v) is 8.79. The van der Waals surface area contributed by atoms with E-state index in [-0.39, 0.29) is 31.0 Å². The Bertz CT molecular complexity index is 633. The number of amides is 1. The number of aliphatic hydroxyl groups is 1. The minimum Gasteiger partial charge on any atom is -0.497 e. The van der Waals surface area contributed by atoms with Crippen molar-refractivity contribution in [3.63, 3.8) is 0 Å². The molecule has 1 aliphatic carbocycles. The lowest BCUT2D eigenvalue weighted by molar-refractivity contribution is -0.170. The van der Waals surface area contributed by atoms with E-state index in [1.54, 1.807) is 32.4 Å². The lowest BCUT2D eigenvalue weighted by Crippen LogP contribution is -2.75. The van der Waals surface area contributed by atoms with E-state index in [9.17, 15) is 9.90 Å². The van der Waals surface area contributed by atoms with Crippen molar-refractivity contribution in [2.75, 3.05) is 27.4 Å². The van der Waals surface area contributed by atoms with Crippen LogP contribution in [0.1, 0.15) is 38.9 Å². The van der Waals surface area contributed by atoms with Crippen LogP contribution in [0.15, 0.2) is 18.2 Å². The number of ether oxygens (including phenoxy) is 3. The summed E-state index contributed by atoms with van der Waals surface area (Å²) in [6, 6.07) is 5.13. The summed E-state index contributed by atoms with van der Waals surface area (Å²) in [5.74, 6) is 0.853. The fourth-order valence-electron chi connectivity index (χ4n) is 3.31. The Morgan fingerprint density at radius 1 is 1.30 bits per heavy atom. The van der Waals surface area contributed by atoms with Crippen molar-refractivity contribution in [2.45, 2.75) is 44.9 Å². The summed E-state index contributed by atoms with van der Waals surface area (Å²) in [4.78, 5) is 12.6. The number of aliphatic hydroxyl groups excluding tert-OH is 1.